The number of benzene rings is 2. The standard InChI is InChI=1S/C66H89F9N8O12/c1-34(2)26-47-60(88)92-42(13)57(85)79(15)50(29-37(7)8)63(91)95-52(32-44-20-24-46(25-21-44)40(11)83-55(66(73,74)75)33-53(77-83)64(67,68)69)59(87)81(17)48(27-35(3)4)61(89)93-41(12)56(84)78(14)49(28-36(5)6)62(90)94-51(58(86)80(47)16)31-43-18-22-45(23-19-43)39(10)82-54(65(70,71)72)30-38(9)76-82/h18-25,30,33-37,39-42,47-52,57,85H,26-29,31-32H2,1-17H3/t39?,40?,41-,42-,47+,48+,49+,50+,51-,52-,57?/m1/s1. The molecule has 11 atom stereocenters. The number of rotatable bonds is 16. The van der Waals surface area contributed by atoms with Crippen molar-refractivity contribution in [1.82, 2.24) is 39.2 Å². The Kier molecular flexibility index (Phi) is 26.3. The Morgan fingerprint density at radius 1 is 0.463 bits per heavy atom. The topological polar surface area (TPSA) is 225 Å². The summed E-state index contributed by atoms with van der Waals surface area (Å²) in [6, 6.07) is 3.98. The smallest absolute Gasteiger partial charge is 0.435 e. The van der Waals surface area contributed by atoms with Crippen LogP contribution in [-0.2, 0) is 83.9 Å². The van der Waals surface area contributed by atoms with Crippen LogP contribution >= 0.6 is 0 Å². The third-order valence-corrected chi connectivity index (χ3v) is 16.6. The first-order valence-electron chi connectivity index (χ1n) is 31.4. The number of amides is 3. The molecule has 3 amide bonds. The molecule has 2 aromatic carbocycles. The number of alkyl halides is 9. The third-order valence-electron chi connectivity index (χ3n) is 16.6. The number of aliphatic hydroxyl groups is 1. The van der Waals surface area contributed by atoms with Crippen molar-refractivity contribution in [2.75, 3.05) is 28.2 Å². The Balaban J connectivity index is 1.62. The van der Waals surface area contributed by atoms with Gasteiger partial charge in [-0.3, -0.25) is 33.4 Å². The predicted molar refractivity (Wildman–Crippen MR) is 328 cm³/mol. The lowest BCUT2D eigenvalue weighted by atomic mass is 9.99. The van der Waals surface area contributed by atoms with Crippen molar-refractivity contribution in [3.8, 4) is 0 Å². The molecule has 0 saturated carbocycles. The van der Waals surface area contributed by atoms with E-state index in [1.54, 1.807) is 55.4 Å². The minimum Gasteiger partial charge on any atom is -0.457 e. The van der Waals surface area contributed by atoms with Crippen molar-refractivity contribution in [3.63, 3.8) is 0 Å². The zero-order valence-corrected chi connectivity index (χ0v) is 56.6. The number of aliphatic hydroxyl groups excluding tert-OH is 1. The minimum atomic E-state index is -5.24. The number of aryl methyl sites for hydroxylation is 1. The molecule has 5 rings (SSSR count). The average Bonchev–Trinajstić information content (AvgIpc) is 1.68. The Morgan fingerprint density at radius 2 is 0.800 bits per heavy atom. The largest absolute Gasteiger partial charge is 0.457 e. The van der Waals surface area contributed by atoms with Gasteiger partial charge in [0.2, 0.25) is 0 Å². The highest BCUT2D eigenvalue weighted by atomic mass is 19.4. The summed E-state index contributed by atoms with van der Waals surface area (Å²) in [5.41, 5.74) is -3.27. The monoisotopic (exact) mass is 1360 g/mol. The number of aromatic nitrogens is 4. The molecule has 3 unspecified atom stereocenters. The summed E-state index contributed by atoms with van der Waals surface area (Å²) in [4.78, 5) is 108. The van der Waals surface area contributed by atoms with E-state index in [1.165, 1.54) is 111 Å². The van der Waals surface area contributed by atoms with Crippen LogP contribution in [0.15, 0.2) is 60.7 Å². The van der Waals surface area contributed by atoms with Gasteiger partial charge in [0, 0.05) is 40.1 Å². The molecule has 1 fully saturated rings. The molecule has 1 N–H and O–H groups in total. The van der Waals surface area contributed by atoms with Crippen LogP contribution in [0.3, 0.4) is 0 Å². The first kappa shape index (κ1) is 78.1. The fraction of sp³-hybridized carbons (Fsp3) is 0.621. The van der Waals surface area contributed by atoms with Crippen LogP contribution in [0.5, 0.6) is 0 Å². The zero-order chi connectivity index (χ0) is 71.8. The number of hydrogen-bond acceptors (Lipinski definition) is 15. The van der Waals surface area contributed by atoms with Crippen molar-refractivity contribution in [2.45, 2.75) is 214 Å². The SMILES string of the molecule is Cc1cc(C(F)(F)F)n(C(C)c2ccc(C[C@H]3OC(=O)[C@H](CC(C)C)N(C)C(=O)[C@@H](C)OC(=O)[C@H](CC(C)C)N(C)C(=O)[C@@H](Cc4ccc(C(C)n5nc(C(F)(F)F)cc5C(F)(F)F)cc4)OC(=O)[C@H](CC(C)C)N(C)C(O)[C@@H](C)OC(=O)[C@H](CC(C)C)N(C)C3=O)cc2)n1. The van der Waals surface area contributed by atoms with Crippen molar-refractivity contribution in [3.05, 3.63) is 106 Å². The lowest BCUT2D eigenvalue weighted by Gasteiger charge is -2.37. The first-order valence-corrected chi connectivity index (χ1v) is 31.4. The van der Waals surface area contributed by atoms with E-state index in [-0.39, 0.29) is 83.3 Å². The summed E-state index contributed by atoms with van der Waals surface area (Å²) >= 11 is 0. The zero-order valence-electron chi connectivity index (χ0n) is 56.6. The lowest BCUT2D eigenvalue weighted by molar-refractivity contribution is -0.181. The van der Waals surface area contributed by atoms with Crippen molar-refractivity contribution >= 4 is 41.6 Å². The lowest BCUT2D eigenvalue weighted by Crippen LogP contribution is -2.55. The first-order chi connectivity index (χ1) is 43.8. The van der Waals surface area contributed by atoms with E-state index < -0.39 is 151 Å². The fourth-order valence-corrected chi connectivity index (χ4v) is 11.2. The molecule has 1 aliphatic rings. The summed E-state index contributed by atoms with van der Waals surface area (Å²) in [5.74, 6) is -8.52. The number of esters is 4. The van der Waals surface area contributed by atoms with Gasteiger partial charge >= 0.3 is 42.4 Å². The van der Waals surface area contributed by atoms with Crippen LogP contribution in [-0.4, -0.2) is 169 Å². The van der Waals surface area contributed by atoms with Gasteiger partial charge in [0.05, 0.1) is 17.8 Å². The van der Waals surface area contributed by atoms with E-state index in [1.807, 2.05) is 0 Å². The van der Waals surface area contributed by atoms with Crippen LogP contribution in [0.2, 0.25) is 0 Å². The van der Waals surface area contributed by atoms with Crippen molar-refractivity contribution < 1.29 is 97.1 Å². The van der Waals surface area contributed by atoms with Gasteiger partial charge in [0.1, 0.15) is 47.9 Å². The second-order valence-electron chi connectivity index (χ2n) is 26.3. The molecule has 0 aliphatic carbocycles. The molecule has 0 bridgehead atoms. The van der Waals surface area contributed by atoms with Gasteiger partial charge in [-0.15, -0.1) is 0 Å². The van der Waals surface area contributed by atoms with E-state index in [0.717, 1.165) is 30.3 Å². The van der Waals surface area contributed by atoms with E-state index >= 15 is 9.59 Å². The van der Waals surface area contributed by atoms with Gasteiger partial charge in [-0.2, -0.15) is 49.7 Å². The van der Waals surface area contributed by atoms with Crippen LogP contribution < -0.4 is 0 Å². The highest BCUT2D eigenvalue weighted by Gasteiger charge is 2.46. The molecule has 29 heteroatoms. The number of likely N-dealkylation sites (N-methyl/N-ethyl adjacent to an activating group) is 4. The van der Waals surface area contributed by atoms with E-state index in [9.17, 15) is 68.6 Å². The Bertz CT molecular complexity index is 3290. The third kappa shape index (κ3) is 20.3. The van der Waals surface area contributed by atoms with Gasteiger partial charge in [-0.25, -0.2) is 14.4 Å². The Labute approximate surface area is 547 Å². The maximum Gasteiger partial charge on any atom is 0.435 e. The average molecular weight is 1360 g/mol. The molecular formula is C66H89F9N8O12. The Morgan fingerprint density at radius 3 is 1.18 bits per heavy atom. The summed E-state index contributed by atoms with van der Waals surface area (Å²) < 4.78 is 151. The molecule has 0 spiro atoms. The van der Waals surface area contributed by atoms with Crippen molar-refractivity contribution in [2.24, 2.45) is 23.7 Å². The second-order valence-corrected chi connectivity index (χ2v) is 26.3. The minimum absolute atomic E-state index is 0.0525. The maximum atomic E-state index is 15.1. The number of ether oxygens (including phenoxy) is 4. The second kappa shape index (κ2) is 32.0. The van der Waals surface area contributed by atoms with Gasteiger partial charge in [-0.1, -0.05) is 104 Å². The molecule has 4 aromatic rings. The summed E-state index contributed by atoms with van der Waals surface area (Å²) in [5, 5.41) is 19.4. The number of nitrogens with zero attached hydrogens (tertiary/aromatic N) is 8. The predicted octanol–water partition coefficient (Wildman–Crippen LogP) is 10.4. The highest BCUT2D eigenvalue weighted by Crippen LogP contribution is 2.38. The number of carbonyl (C=O) groups excluding carboxylic acids is 7. The molecule has 0 radical (unpaired) electrons. The molecule has 95 heavy (non-hydrogen) atoms. The normalized spacial score (nSPS) is 23.7. The molecular weight excluding hydrogens is 1270 g/mol. The highest BCUT2D eigenvalue weighted by molar-refractivity contribution is 5.93. The maximum absolute atomic E-state index is 15.1. The fourth-order valence-electron chi connectivity index (χ4n) is 11.2. The quantitative estimate of drug-likeness (QED) is 0.0625. The number of carbonyl (C=O) groups is 7. The molecule has 20 nitrogen and oxygen atoms in total. The van der Waals surface area contributed by atoms with Crippen LogP contribution in [0.25, 0.3) is 0 Å². The number of hydrogen-bond donors (Lipinski definition) is 1. The van der Waals surface area contributed by atoms with E-state index in [2.05, 4.69) is 10.2 Å². The number of cyclic esters (lactones) is 4. The molecule has 1 aliphatic heterocycles. The summed E-state index contributed by atoms with van der Waals surface area (Å²) in [6.45, 7) is 20.6. The van der Waals surface area contributed by atoms with Gasteiger partial charge in [-0.05, 0) is 119 Å². The molecule has 528 valence electrons. The number of halogens is 9. The van der Waals surface area contributed by atoms with Gasteiger partial charge in [0.25, 0.3) is 17.7 Å². The molecule has 1 saturated heterocycles. The molecule has 3 heterocycles. The van der Waals surface area contributed by atoms with Gasteiger partial charge in [0.15, 0.2) is 24.0 Å². The van der Waals surface area contributed by atoms with E-state index in [4.69, 9.17) is 18.9 Å². The van der Waals surface area contributed by atoms with Crippen LogP contribution in [0, 0.1) is 30.6 Å². The van der Waals surface area contributed by atoms with Crippen molar-refractivity contribution in [1.29, 1.82) is 0 Å². The summed E-state index contributed by atoms with van der Waals surface area (Å²) in [6.07, 6.45) is -24.9. The molecule has 2 aromatic heterocycles. The van der Waals surface area contributed by atoms with E-state index in [0.29, 0.717) is 11.1 Å². The Hall–Kier alpha value is -7.56. The van der Waals surface area contributed by atoms with Gasteiger partial charge < -0.3 is 38.8 Å². The van der Waals surface area contributed by atoms with Crippen LogP contribution in [0.4, 0.5) is 39.5 Å². The van der Waals surface area contributed by atoms with Crippen LogP contribution in [0.1, 0.15) is 166 Å². The summed E-state index contributed by atoms with van der Waals surface area (Å²) in [7, 11) is 5.07.